The SMILES string of the molecule is N#Cc1c(NC(=O)C2COCC2N)sc2c1CCCCC2. The predicted octanol–water partition coefficient (Wildman–Crippen LogP) is 1.80. The van der Waals surface area contributed by atoms with Crippen LogP contribution in [0.15, 0.2) is 0 Å². The van der Waals surface area contributed by atoms with Gasteiger partial charge in [-0.05, 0) is 31.2 Å². The summed E-state index contributed by atoms with van der Waals surface area (Å²) >= 11 is 1.55. The molecule has 21 heavy (non-hydrogen) atoms. The first-order valence-electron chi connectivity index (χ1n) is 7.39. The van der Waals surface area contributed by atoms with Crippen molar-refractivity contribution in [2.75, 3.05) is 18.5 Å². The number of anilines is 1. The van der Waals surface area contributed by atoms with E-state index in [1.807, 2.05) is 0 Å². The van der Waals surface area contributed by atoms with Crippen molar-refractivity contribution in [3.8, 4) is 6.07 Å². The Balaban J connectivity index is 1.82. The summed E-state index contributed by atoms with van der Waals surface area (Å²) in [5.41, 5.74) is 7.67. The number of nitrogens with zero attached hydrogens (tertiary/aromatic N) is 1. The van der Waals surface area contributed by atoms with Gasteiger partial charge in [0.2, 0.25) is 5.91 Å². The Morgan fingerprint density at radius 2 is 2.14 bits per heavy atom. The van der Waals surface area contributed by atoms with Crippen molar-refractivity contribution in [1.82, 2.24) is 0 Å². The Morgan fingerprint density at radius 1 is 1.33 bits per heavy atom. The Morgan fingerprint density at radius 3 is 2.86 bits per heavy atom. The molecule has 2 heterocycles. The maximum atomic E-state index is 12.3. The van der Waals surface area contributed by atoms with E-state index < -0.39 is 0 Å². The molecule has 0 radical (unpaired) electrons. The van der Waals surface area contributed by atoms with E-state index in [1.165, 1.54) is 11.3 Å². The van der Waals surface area contributed by atoms with Crippen LogP contribution in [-0.4, -0.2) is 25.2 Å². The molecule has 3 N–H and O–H groups in total. The first-order valence-corrected chi connectivity index (χ1v) is 8.21. The van der Waals surface area contributed by atoms with E-state index >= 15 is 0 Å². The Hall–Kier alpha value is -1.42. The molecule has 0 bridgehead atoms. The average molecular weight is 305 g/mol. The van der Waals surface area contributed by atoms with Crippen molar-refractivity contribution in [2.45, 2.75) is 38.1 Å². The molecule has 1 amide bonds. The lowest BCUT2D eigenvalue weighted by atomic mass is 10.0. The summed E-state index contributed by atoms with van der Waals surface area (Å²) in [6, 6.07) is 2.02. The second-order valence-corrected chi connectivity index (χ2v) is 6.78. The third kappa shape index (κ3) is 2.82. The molecule has 1 fully saturated rings. The van der Waals surface area contributed by atoms with Gasteiger partial charge in [0.25, 0.3) is 0 Å². The fourth-order valence-corrected chi connectivity index (χ4v) is 4.24. The number of nitrogens with two attached hydrogens (primary N) is 1. The topological polar surface area (TPSA) is 88.1 Å². The molecule has 1 aromatic rings. The first kappa shape index (κ1) is 14.5. The summed E-state index contributed by atoms with van der Waals surface area (Å²) < 4.78 is 5.24. The highest BCUT2D eigenvalue weighted by atomic mass is 32.1. The van der Waals surface area contributed by atoms with Gasteiger partial charge in [0.05, 0.1) is 24.7 Å². The summed E-state index contributed by atoms with van der Waals surface area (Å²) in [4.78, 5) is 13.6. The number of ether oxygens (including phenoxy) is 1. The maximum absolute atomic E-state index is 12.3. The molecule has 2 atom stereocenters. The zero-order chi connectivity index (χ0) is 14.8. The molecule has 5 nitrogen and oxygen atoms in total. The fraction of sp³-hybridized carbons (Fsp3) is 0.600. The van der Waals surface area contributed by atoms with Gasteiger partial charge in [-0.1, -0.05) is 6.42 Å². The van der Waals surface area contributed by atoms with Crippen molar-refractivity contribution in [1.29, 1.82) is 5.26 Å². The summed E-state index contributed by atoms with van der Waals surface area (Å²) in [6.45, 7) is 0.782. The van der Waals surface area contributed by atoms with E-state index in [0.29, 0.717) is 23.8 Å². The summed E-state index contributed by atoms with van der Waals surface area (Å²) in [7, 11) is 0. The molecule has 2 aliphatic rings. The Bertz CT molecular complexity index is 590. The van der Waals surface area contributed by atoms with E-state index in [0.717, 1.165) is 31.2 Å². The van der Waals surface area contributed by atoms with Gasteiger partial charge < -0.3 is 15.8 Å². The van der Waals surface area contributed by atoms with E-state index in [9.17, 15) is 10.1 Å². The second kappa shape index (κ2) is 6.14. The lowest BCUT2D eigenvalue weighted by Crippen LogP contribution is -2.37. The smallest absolute Gasteiger partial charge is 0.232 e. The highest BCUT2D eigenvalue weighted by molar-refractivity contribution is 7.16. The van der Waals surface area contributed by atoms with Crippen LogP contribution in [0.1, 0.15) is 35.3 Å². The standard InChI is InChI=1S/C15H19N3O2S/c16-6-10-9-4-2-1-3-5-13(9)21-15(10)18-14(19)11-7-20-8-12(11)17/h11-12H,1-5,7-8,17H2,(H,18,19). The Labute approximate surface area is 128 Å². The molecule has 6 heteroatoms. The molecule has 1 aliphatic heterocycles. The van der Waals surface area contributed by atoms with Crippen LogP contribution in [0.3, 0.4) is 0 Å². The van der Waals surface area contributed by atoms with Crippen molar-refractivity contribution < 1.29 is 9.53 Å². The number of aryl methyl sites for hydroxylation is 1. The van der Waals surface area contributed by atoms with E-state index in [4.69, 9.17) is 10.5 Å². The number of rotatable bonds is 2. The minimum absolute atomic E-state index is 0.132. The van der Waals surface area contributed by atoms with E-state index in [-0.39, 0.29) is 17.9 Å². The minimum Gasteiger partial charge on any atom is -0.379 e. The van der Waals surface area contributed by atoms with Crippen LogP contribution in [0.4, 0.5) is 5.00 Å². The van der Waals surface area contributed by atoms with Gasteiger partial charge in [-0.25, -0.2) is 0 Å². The van der Waals surface area contributed by atoms with Crippen LogP contribution in [0.5, 0.6) is 0 Å². The van der Waals surface area contributed by atoms with Gasteiger partial charge in [0.15, 0.2) is 0 Å². The number of hydrogen-bond acceptors (Lipinski definition) is 5. The number of nitrogens with one attached hydrogen (secondary N) is 1. The van der Waals surface area contributed by atoms with Crippen molar-refractivity contribution >= 4 is 22.2 Å². The molecule has 1 aliphatic carbocycles. The monoisotopic (exact) mass is 305 g/mol. The molecular weight excluding hydrogens is 286 g/mol. The first-order chi connectivity index (χ1) is 10.2. The quantitative estimate of drug-likeness (QED) is 0.816. The maximum Gasteiger partial charge on any atom is 0.232 e. The highest BCUT2D eigenvalue weighted by Gasteiger charge is 2.32. The van der Waals surface area contributed by atoms with E-state index in [1.54, 1.807) is 11.3 Å². The minimum atomic E-state index is -0.321. The molecule has 0 aromatic carbocycles. The number of thiophene rings is 1. The summed E-state index contributed by atoms with van der Waals surface area (Å²) in [6.07, 6.45) is 5.44. The van der Waals surface area contributed by atoms with Crippen LogP contribution in [0.2, 0.25) is 0 Å². The third-order valence-corrected chi connectivity index (χ3v) is 5.44. The number of nitriles is 1. The van der Waals surface area contributed by atoms with Crippen LogP contribution in [0.25, 0.3) is 0 Å². The molecule has 3 rings (SSSR count). The Kier molecular flexibility index (Phi) is 4.24. The molecule has 2 unspecified atom stereocenters. The number of fused-ring (bicyclic) bond motifs is 1. The van der Waals surface area contributed by atoms with Crippen molar-refractivity contribution in [3.63, 3.8) is 0 Å². The van der Waals surface area contributed by atoms with Gasteiger partial charge >= 0.3 is 0 Å². The van der Waals surface area contributed by atoms with Crippen molar-refractivity contribution in [3.05, 3.63) is 16.0 Å². The van der Waals surface area contributed by atoms with Crippen LogP contribution in [0, 0.1) is 17.2 Å². The molecule has 0 saturated carbocycles. The zero-order valence-corrected chi connectivity index (χ0v) is 12.7. The predicted molar refractivity (Wildman–Crippen MR) is 81.2 cm³/mol. The normalized spacial score (nSPS) is 25.0. The molecule has 112 valence electrons. The zero-order valence-electron chi connectivity index (χ0n) is 11.9. The molecule has 1 aromatic heterocycles. The van der Waals surface area contributed by atoms with Gasteiger partial charge in [-0.2, -0.15) is 5.26 Å². The highest BCUT2D eigenvalue weighted by Crippen LogP contribution is 2.37. The van der Waals surface area contributed by atoms with Gasteiger partial charge in [0, 0.05) is 10.9 Å². The van der Waals surface area contributed by atoms with Crippen LogP contribution in [-0.2, 0) is 22.4 Å². The number of amides is 1. The number of carbonyl (C=O) groups is 1. The average Bonchev–Trinajstić information content (AvgIpc) is 2.95. The number of hydrogen-bond donors (Lipinski definition) is 2. The van der Waals surface area contributed by atoms with E-state index in [2.05, 4.69) is 11.4 Å². The largest absolute Gasteiger partial charge is 0.379 e. The lowest BCUT2D eigenvalue weighted by Gasteiger charge is -2.12. The third-order valence-electron chi connectivity index (χ3n) is 4.23. The summed E-state index contributed by atoms with van der Waals surface area (Å²) in [5, 5.41) is 13.0. The van der Waals surface area contributed by atoms with Gasteiger partial charge in [-0.3, -0.25) is 4.79 Å². The summed E-state index contributed by atoms with van der Waals surface area (Å²) in [5.74, 6) is -0.452. The van der Waals surface area contributed by atoms with Gasteiger partial charge in [-0.15, -0.1) is 11.3 Å². The molecule has 1 saturated heterocycles. The van der Waals surface area contributed by atoms with Crippen molar-refractivity contribution in [2.24, 2.45) is 11.7 Å². The molecule has 0 spiro atoms. The van der Waals surface area contributed by atoms with Crippen LogP contribution >= 0.6 is 11.3 Å². The molecular formula is C15H19N3O2S. The fourth-order valence-electron chi connectivity index (χ4n) is 2.99. The second-order valence-electron chi connectivity index (χ2n) is 5.68. The lowest BCUT2D eigenvalue weighted by molar-refractivity contribution is -0.120. The van der Waals surface area contributed by atoms with Gasteiger partial charge in [0.1, 0.15) is 11.1 Å². The number of carbonyl (C=O) groups excluding carboxylic acids is 1. The van der Waals surface area contributed by atoms with Crippen LogP contribution < -0.4 is 11.1 Å².